The summed E-state index contributed by atoms with van der Waals surface area (Å²) in [5, 5.41) is 15.7. The van der Waals surface area contributed by atoms with Crippen molar-refractivity contribution in [1.29, 1.82) is 0 Å². The number of amides is 3. The Labute approximate surface area is 245 Å². The van der Waals surface area contributed by atoms with E-state index < -0.39 is 36.3 Å². The molecule has 0 bridgehead atoms. The fraction of sp³-hybridized carbons (Fsp3) is 0.545. The monoisotopic (exact) mass is 567 g/mol. The molecule has 3 N–H and O–H groups in total. The number of hydrogen-bond acceptors (Lipinski definition) is 5. The number of aryl methyl sites for hydroxylation is 1. The third-order valence-corrected chi connectivity index (χ3v) is 7.02. The lowest BCUT2D eigenvalue weighted by Crippen LogP contribution is -2.54. The standard InChI is InChI=1S/C33H49N3O5/c1-7-8-9-10-11-15-21-36(31(39)28(23-37)35-32(40)41-33(4,5)6)29(27-20-16-17-24(2)25(27)3)30(38)34-22-26-18-13-12-14-19-26/h12-14,16-20,28-29,37H,7-11,15,21-23H2,1-6H3,(H,34,38)(H,35,40). The number of aliphatic hydroxyl groups excluding tert-OH is 1. The predicted octanol–water partition coefficient (Wildman–Crippen LogP) is 5.74. The molecule has 8 heteroatoms. The number of rotatable bonds is 15. The number of aliphatic hydroxyl groups is 1. The van der Waals surface area contributed by atoms with E-state index in [9.17, 15) is 19.5 Å². The summed E-state index contributed by atoms with van der Waals surface area (Å²) < 4.78 is 5.34. The Hall–Kier alpha value is -3.39. The molecule has 2 rings (SSSR count). The van der Waals surface area contributed by atoms with Gasteiger partial charge in [0.15, 0.2) is 0 Å². The third kappa shape index (κ3) is 11.2. The number of ether oxygens (including phenoxy) is 1. The first-order valence-corrected chi connectivity index (χ1v) is 14.8. The number of hydrogen-bond donors (Lipinski definition) is 3. The molecule has 2 atom stereocenters. The highest BCUT2D eigenvalue weighted by molar-refractivity contribution is 5.92. The number of unbranched alkanes of at least 4 members (excludes halogenated alkanes) is 5. The van der Waals surface area contributed by atoms with Gasteiger partial charge in [-0.2, -0.15) is 0 Å². The van der Waals surface area contributed by atoms with Crippen LogP contribution in [-0.2, 0) is 20.9 Å². The molecule has 0 aliphatic carbocycles. The van der Waals surface area contributed by atoms with Gasteiger partial charge in [-0.25, -0.2) is 4.79 Å². The minimum absolute atomic E-state index is 0.300. The van der Waals surface area contributed by atoms with Crippen LogP contribution in [0.4, 0.5) is 4.79 Å². The van der Waals surface area contributed by atoms with Crippen molar-refractivity contribution in [2.45, 2.75) is 104 Å². The summed E-state index contributed by atoms with van der Waals surface area (Å²) in [7, 11) is 0. The molecule has 0 fully saturated rings. The molecule has 2 aromatic carbocycles. The molecule has 0 aliphatic rings. The van der Waals surface area contributed by atoms with Gasteiger partial charge in [0, 0.05) is 13.1 Å². The number of alkyl carbamates (subject to hydrolysis) is 1. The molecular weight excluding hydrogens is 518 g/mol. The topological polar surface area (TPSA) is 108 Å². The molecule has 0 heterocycles. The van der Waals surface area contributed by atoms with Gasteiger partial charge in [0.25, 0.3) is 0 Å². The van der Waals surface area contributed by atoms with Gasteiger partial charge in [0.05, 0.1) is 6.61 Å². The van der Waals surface area contributed by atoms with Crippen LogP contribution in [0, 0.1) is 13.8 Å². The van der Waals surface area contributed by atoms with E-state index in [1.165, 1.54) is 4.90 Å². The second-order valence-corrected chi connectivity index (χ2v) is 11.6. The number of nitrogens with one attached hydrogen (secondary N) is 2. The van der Waals surface area contributed by atoms with E-state index in [2.05, 4.69) is 17.6 Å². The summed E-state index contributed by atoms with van der Waals surface area (Å²) in [6, 6.07) is 13.1. The van der Waals surface area contributed by atoms with Crippen molar-refractivity contribution in [2.24, 2.45) is 0 Å². The highest BCUT2D eigenvalue weighted by Crippen LogP contribution is 2.28. The minimum Gasteiger partial charge on any atom is -0.444 e. The second kappa shape index (κ2) is 16.8. The molecule has 8 nitrogen and oxygen atoms in total. The molecule has 2 aromatic rings. The van der Waals surface area contributed by atoms with Crippen LogP contribution in [0.15, 0.2) is 48.5 Å². The molecule has 226 valence electrons. The van der Waals surface area contributed by atoms with Crippen molar-refractivity contribution in [1.82, 2.24) is 15.5 Å². The van der Waals surface area contributed by atoms with Gasteiger partial charge in [-0.05, 0) is 63.3 Å². The van der Waals surface area contributed by atoms with Gasteiger partial charge in [0.1, 0.15) is 17.7 Å². The molecule has 0 radical (unpaired) electrons. The van der Waals surface area contributed by atoms with Crippen molar-refractivity contribution >= 4 is 17.9 Å². The Morgan fingerprint density at radius 2 is 1.59 bits per heavy atom. The zero-order chi connectivity index (χ0) is 30.4. The average molecular weight is 568 g/mol. The summed E-state index contributed by atoms with van der Waals surface area (Å²) in [5.74, 6) is -0.858. The quantitative estimate of drug-likeness (QED) is 0.238. The summed E-state index contributed by atoms with van der Waals surface area (Å²) in [6.45, 7) is 11.2. The zero-order valence-corrected chi connectivity index (χ0v) is 25.7. The lowest BCUT2D eigenvalue weighted by molar-refractivity contribution is -0.143. The largest absolute Gasteiger partial charge is 0.444 e. The van der Waals surface area contributed by atoms with Gasteiger partial charge in [-0.3, -0.25) is 9.59 Å². The van der Waals surface area contributed by atoms with E-state index in [1.807, 2.05) is 62.4 Å². The summed E-state index contributed by atoms with van der Waals surface area (Å²) in [5.41, 5.74) is 2.79. The fourth-order valence-corrected chi connectivity index (χ4v) is 4.67. The Kier molecular flexibility index (Phi) is 13.8. The minimum atomic E-state index is -1.26. The van der Waals surface area contributed by atoms with E-state index in [4.69, 9.17) is 4.74 Å². The average Bonchev–Trinajstić information content (AvgIpc) is 2.93. The Bertz CT molecular complexity index is 1110. The summed E-state index contributed by atoms with van der Waals surface area (Å²) in [4.78, 5) is 42.1. The maximum Gasteiger partial charge on any atom is 0.408 e. The van der Waals surface area contributed by atoms with Crippen molar-refractivity contribution in [3.05, 3.63) is 70.8 Å². The SMILES string of the molecule is CCCCCCCCN(C(=O)C(CO)NC(=O)OC(C)(C)C)C(C(=O)NCc1ccccc1)c1cccc(C)c1C. The van der Waals surface area contributed by atoms with Crippen LogP contribution >= 0.6 is 0 Å². The Balaban J connectivity index is 2.44. The highest BCUT2D eigenvalue weighted by atomic mass is 16.6. The maximum atomic E-state index is 14.0. The molecule has 0 saturated carbocycles. The van der Waals surface area contributed by atoms with E-state index in [0.29, 0.717) is 25.1 Å². The maximum absolute atomic E-state index is 14.0. The highest BCUT2D eigenvalue weighted by Gasteiger charge is 2.36. The van der Waals surface area contributed by atoms with Crippen LogP contribution in [0.1, 0.15) is 94.5 Å². The number of benzene rings is 2. The number of carbonyl (C=O) groups excluding carboxylic acids is 3. The molecular formula is C33H49N3O5. The number of carbonyl (C=O) groups is 3. The van der Waals surface area contributed by atoms with Crippen molar-refractivity contribution in [3.8, 4) is 0 Å². The smallest absolute Gasteiger partial charge is 0.408 e. The van der Waals surface area contributed by atoms with Crippen LogP contribution in [0.5, 0.6) is 0 Å². The first-order chi connectivity index (χ1) is 19.5. The third-order valence-electron chi connectivity index (χ3n) is 7.02. The molecule has 0 aromatic heterocycles. The van der Waals surface area contributed by atoms with Gasteiger partial charge in [-0.15, -0.1) is 0 Å². The van der Waals surface area contributed by atoms with Gasteiger partial charge in [0.2, 0.25) is 11.8 Å². The van der Waals surface area contributed by atoms with E-state index in [0.717, 1.165) is 48.8 Å². The second-order valence-electron chi connectivity index (χ2n) is 11.6. The first-order valence-electron chi connectivity index (χ1n) is 14.8. The number of nitrogens with zero attached hydrogens (tertiary/aromatic N) is 1. The van der Waals surface area contributed by atoms with E-state index >= 15 is 0 Å². The van der Waals surface area contributed by atoms with Crippen LogP contribution in [0.2, 0.25) is 0 Å². The van der Waals surface area contributed by atoms with Gasteiger partial charge >= 0.3 is 6.09 Å². The van der Waals surface area contributed by atoms with Gasteiger partial charge < -0.3 is 25.4 Å². The van der Waals surface area contributed by atoms with Crippen molar-refractivity contribution < 1.29 is 24.2 Å². The zero-order valence-electron chi connectivity index (χ0n) is 25.7. The summed E-state index contributed by atoms with van der Waals surface area (Å²) >= 11 is 0. The molecule has 0 saturated heterocycles. The molecule has 0 spiro atoms. The van der Waals surface area contributed by atoms with Crippen molar-refractivity contribution in [2.75, 3.05) is 13.2 Å². The molecule has 3 amide bonds. The fourth-order valence-electron chi connectivity index (χ4n) is 4.67. The van der Waals surface area contributed by atoms with Crippen LogP contribution in [0.25, 0.3) is 0 Å². The van der Waals surface area contributed by atoms with E-state index in [-0.39, 0.29) is 5.91 Å². The Morgan fingerprint density at radius 3 is 2.22 bits per heavy atom. The first kappa shape index (κ1) is 33.8. The van der Waals surface area contributed by atoms with E-state index in [1.54, 1.807) is 20.8 Å². The van der Waals surface area contributed by atoms with Crippen molar-refractivity contribution in [3.63, 3.8) is 0 Å². The Morgan fingerprint density at radius 1 is 0.927 bits per heavy atom. The van der Waals surface area contributed by atoms with Crippen LogP contribution < -0.4 is 10.6 Å². The predicted molar refractivity (Wildman–Crippen MR) is 162 cm³/mol. The normalized spacial score (nSPS) is 12.8. The molecule has 0 aliphatic heterocycles. The summed E-state index contributed by atoms with van der Waals surface area (Å²) in [6.07, 6.45) is 5.22. The molecule has 2 unspecified atom stereocenters. The van der Waals surface area contributed by atoms with Gasteiger partial charge in [-0.1, -0.05) is 87.6 Å². The molecule has 41 heavy (non-hydrogen) atoms. The van der Waals surface area contributed by atoms with Crippen LogP contribution in [0.3, 0.4) is 0 Å². The lowest BCUT2D eigenvalue weighted by atomic mass is 9.94. The van der Waals surface area contributed by atoms with Crippen LogP contribution in [-0.4, -0.2) is 52.7 Å². The lowest BCUT2D eigenvalue weighted by Gasteiger charge is -2.35.